The molecule has 0 heterocycles. The largest absolute Gasteiger partial charge is 0.306 e. The second-order valence-electron chi connectivity index (χ2n) is 4.69. The molecule has 2 rings (SSSR count). The average molecular weight is 452 g/mol. The van der Waals surface area contributed by atoms with Crippen LogP contribution < -0.4 is 5.32 Å². The van der Waals surface area contributed by atoms with Gasteiger partial charge in [-0.2, -0.15) is 0 Å². The molecule has 0 aliphatic rings. The first-order chi connectivity index (χ1) is 10.0. The van der Waals surface area contributed by atoms with Gasteiger partial charge in [-0.25, -0.2) is 0 Å². The van der Waals surface area contributed by atoms with Gasteiger partial charge in [0.05, 0.1) is 6.04 Å². The summed E-state index contributed by atoms with van der Waals surface area (Å²) in [6.45, 7) is 3.01. The monoisotopic (exact) mass is 449 g/mol. The third-order valence-corrected chi connectivity index (χ3v) is 5.03. The minimum Gasteiger partial charge on any atom is -0.306 e. The number of rotatable bonds is 5. The quantitative estimate of drug-likeness (QED) is 0.539. The normalized spacial score (nSPS) is 12.4. The Kier molecular flexibility index (Phi) is 6.57. The lowest BCUT2D eigenvalue weighted by atomic mass is 9.98. The average Bonchev–Trinajstić information content (AvgIpc) is 2.45. The SMILES string of the molecule is CCCNC(c1cc(Br)ccc1Br)c1c(Cl)cccc1Cl. The van der Waals surface area contributed by atoms with E-state index in [1.54, 1.807) is 0 Å². The standard InChI is InChI=1S/C16H15Br2Cl2N/c1-2-8-21-16(11-9-10(17)6-7-12(11)18)15-13(19)4-3-5-14(15)20/h3-7,9,16,21H,2,8H2,1H3. The Morgan fingerprint density at radius 3 is 2.38 bits per heavy atom. The molecule has 0 fully saturated rings. The summed E-state index contributed by atoms with van der Waals surface area (Å²) in [7, 11) is 0. The Hall–Kier alpha value is -0.0600. The van der Waals surface area contributed by atoms with E-state index < -0.39 is 0 Å². The first-order valence-corrected chi connectivity index (χ1v) is 9.01. The van der Waals surface area contributed by atoms with Gasteiger partial charge < -0.3 is 5.32 Å². The molecule has 0 saturated heterocycles. The van der Waals surface area contributed by atoms with E-state index in [0.717, 1.165) is 33.0 Å². The van der Waals surface area contributed by atoms with E-state index in [1.807, 2.05) is 30.3 Å². The van der Waals surface area contributed by atoms with Crippen molar-refractivity contribution < 1.29 is 0 Å². The van der Waals surface area contributed by atoms with Crippen molar-refractivity contribution >= 4 is 55.1 Å². The van der Waals surface area contributed by atoms with E-state index >= 15 is 0 Å². The molecular formula is C16H15Br2Cl2N. The van der Waals surface area contributed by atoms with Crippen LogP contribution in [-0.2, 0) is 0 Å². The predicted octanol–water partition coefficient (Wildman–Crippen LogP) is 6.61. The van der Waals surface area contributed by atoms with E-state index in [9.17, 15) is 0 Å². The van der Waals surface area contributed by atoms with Crippen LogP contribution in [0.25, 0.3) is 0 Å². The zero-order valence-electron chi connectivity index (χ0n) is 11.5. The number of halogens is 4. The lowest BCUT2D eigenvalue weighted by Crippen LogP contribution is -2.24. The molecule has 1 unspecified atom stereocenters. The van der Waals surface area contributed by atoms with Crippen LogP contribution in [0.2, 0.25) is 10.0 Å². The van der Waals surface area contributed by atoms with Gasteiger partial charge in [-0.15, -0.1) is 0 Å². The van der Waals surface area contributed by atoms with Crippen LogP contribution in [0.1, 0.15) is 30.5 Å². The van der Waals surface area contributed by atoms with Crippen molar-refractivity contribution in [2.24, 2.45) is 0 Å². The van der Waals surface area contributed by atoms with Crippen molar-refractivity contribution in [3.63, 3.8) is 0 Å². The predicted molar refractivity (Wildman–Crippen MR) is 98.4 cm³/mol. The van der Waals surface area contributed by atoms with Gasteiger partial charge in [0, 0.05) is 24.6 Å². The van der Waals surface area contributed by atoms with Gasteiger partial charge in [0.2, 0.25) is 0 Å². The molecule has 0 radical (unpaired) electrons. The highest BCUT2D eigenvalue weighted by Gasteiger charge is 2.21. The summed E-state index contributed by atoms with van der Waals surface area (Å²) in [5.41, 5.74) is 2.01. The van der Waals surface area contributed by atoms with E-state index in [1.165, 1.54) is 0 Å². The van der Waals surface area contributed by atoms with E-state index in [-0.39, 0.29) is 6.04 Å². The molecule has 112 valence electrons. The summed E-state index contributed by atoms with van der Waals surface area (Å²) in [5, 5.41) is 4.87. The lowest BCUT2D eigenvalue weighted by Gasteiger charge is -2.23. The van der Waals surface area contributed by atoms with Gasteiger partial charge in [-0.1, -0.05) is 68.1 Å². The summed E-state index contributed by atoms with van der Waals surface area (Å²) in [6.07, 6.45) is 1.03. The molecule has 0 bridgehead atoms. The fraction of sp³-hybridized carbons (Fsp3) is 0.250. The van der Waals surface area contributed by atoms with Crippen molar-refractivity contribution in [2.75, 3.05) is 6.54 Å². The summed E-state index contributed by atoms with van der Waals surface area (Å²) in [5.74, 6) is 0. The molecule has 1 atom stereocenters. The maximum atomic E-state index is 6.39. The number of nitrogens with one attached hydrogen (secondary N) is 1. The summed E-state index contributed by atoms with van der Waals surface area (Å²) >= 11 is 19.9. The van der Waals surface area contributed by atoms with Crippen LogP contribution in [0.4, 0.5) is 0 Å². The minimum absolute atomic E-state index is 0.0574. The molecule has 0 spiro atoms. The molecule has 2 aromatic carbocycles. The Morgan fingerprint density at radius 2 is 1.76 bits per heavy atom. The zero-order valence-corrected chi connectivity index (χ0v) is 16.2. The topological polar surface area (TPSA) is 12.0 Å². The minimum atomic E-state index is -0.0574. The lowest BCUT2D eigenvalue weighted by molar-refractivity contribution is 0.597. The summed E-state index contributed by atoms with van der Waals surface area (Å²) < 4.78 is 2.04. The maximum Gasteiger partial charge on any atom is 0.0617 e. The zero-order chi connectivity index (χ0) is 15.4. The van der Waals surface area contributed by atoms with Crippen LogP contribution in [-0.4, -0.2) is 6.54 Å². The molecule has 0 aromatic heterocycles. The molecule has 0 aliphatic heterocycles. The van der Waals surface area contributed by atoms with Gasteiger partial charge in [0.1, 0.15) is 0 Å². The van der Waals surface area contributed by atoms with Crippen molar-refractivity contribution in [2.45, 2.75) is 19.4 Å². The van der Waals surface area contributed by atoms with Crippen LogP contribution in [0.15, 0.2) is 45.3 Å². The fourth-order valence-corrected chi connectivity index (χ4v) is 3.65. The highest BCUT2D eigenvalue weighted by molar-refractivity contribution is 9.11. The third kappa shape index (κ3) is 4.23. The highest BCUT2D eigenvalue weighted by Crippen LogP contribution is 2.37. The van der Waals surface area contributed by atoms with Gasteiger partial charge in [-0.05, 0) is 48.9 Å². The van der Waals surface area contributed by atoms with Gasteiger partial charge in [0.25, 0.3) is 0 Å². The third-order valence-electron chi connectivity index (χ3n) is 3.16. The first-order valence-electron chi connectivity index (χ1n) is 6.66. The van der Waals surface area contributed by atoms with Crippen LogP contribution >= 0.6 is 55.1 Å². The molecule has 1 nitrogen and oxygen atoms in total. The fourth-order valence-electron chi connectivity index (χ4n) is 2.18. The number of hydrogen-bond donors (Lipinski definition) is 1. The van der Waals surface area contributed by atoms with Gasteiger partial charge in [-0.3, -0.25) is 0 Å². The Balaban J connectivity index is 2.55. The number of benzene rings is 2. The van der Waals surface area contributed by atoms with Crippen molar-refractivity contribution in [3.8, 4) is 0 Å². The first kappa shape index (κ1) is 17.3. The van der Waals surface area contributed by atoms with E-state index in [2.05, 4.69) is 50.2 Å². The Bertz CT molecular complexity index is 611. The summed E-state index contributed by atoms with van der Waals surface area (Å²) in [4.78, 5) is 0. The van der Waals surface area contributed by atoms with Gasteiger partial charge >= 0.3 is 0 Å². The number of hydrogen-bond acceptors (Lipinski definition) is 1. The molecule has 2 aromatic rings. The highest BCUT2D eigenvalue weighted by atomic mass is 79.9. The molecule has 0 saturated carbocycles. The molecular weight excluding hydrogens is 437 g/mol. The van der Waals surface area contributed by atoms with Crippen LogP contribution in [0, 0.1) is 0 Å². The molecule has 21 heavy (non-hydrogen) atoms. The van der Waals surface area contributed by atoms with Crippen molar-refractivity contribution in [1.82, 2.24) is 5.32 Å². The van der Waals surface area contributed by atoms with Crippen LogP contribution in [0.3, 0.4) is 0 Å². The van der Waals surface area contributed by atoms with Crippen molar-refractivity contribution in [1.29, 1.82) is 0 Å². The Morgan fingerprint density at radius 1 is 1.10 bits per heavy atom. The smallest absolute Gasteiger partial charge is 0.0617 e. The Labute approximate surface area is 152 Å². The van der Waals surface area contributed by atoms with Crippen molar-refractivity contribution in [3.05, 3.63) is 66.5 Å². The second-order valence-corrected chi connectivity index (χ2v) is 7.27. The van der Waals surface area contributed by atoms with Crippen LogP contribution in [0.5, 0.6) is 0 Å². The van der Waals surface area contributed by atoms with Gasteiger partial charge in [0.15, 0.2) is 0 Å². The maximum absolute atomic E-state index is 6.39. The molecule has 0 amide bonds. The molecule has 0 aliphatic carbocycles. The summed E-state index contributed by atoms with van der Waals surface area (Å²) in [6, 6.07) is 11.6. The second kappa shape index (κ2) is 7.98. The molecule has 1 N–H and O–H groups in total. The van der Waals surface area contributed by atoms with E-state index in [4.69, 9.17) is 23.2 Å². The van der Waals surface area contributed by atoms with E-state index in [0.29, 0.717) is 10.0 Å². The molecule has 5 heteroatoms.